The number of carboxylic acids is 1. The highest BCUT2D eigenvalue weighted by Gasteiger charge is 2.20. The fourth-order valence-corrected chi connectivity index (χ4v) is 4.05. The zero-order valence-corrected chi connectivity index (χ0v) is 20.9. The number of carboxylic acid groups (broad SMARTS) is 1. The zero-order chi connectivity index (χ0) is 26.0. The summed E-state index contributed by atoms with van der Waals surface area (Å²) in [6.07, 6.45) is 3.87. The van der Waals surface area contributed by atoms with Crippen LogP contribution in [0.5, 0.6) is 11.6 Å². The average Bonchev–Trinajstić information content (AvgIpc) is 2.93. The first-order valence-electron chi connectivity index (χ1n) is 12.6. The Morgan fingerprint density at radius 2 is 1.54 bits per heavy atom. The van der Waals surface area contributed by atoms with Crippen molar-refractivity contribution >= 4 is 5.97 Å². The van der Waals surface area contributed by atoms with Crippen LogP contribution in [0.25, 0.3) is 22.3 Å². The molecule has 0 amide bonds. The number of ether oxygens (including phenoxy) is 2. The summed E-state index contributed by atoms with van der Waals surface area (Å²) in [5.41, 5.74) is 10.4. The molecule has 2 unspecified atom stereocenters. The van der Waals surface area contributed by atoms with E-state index in [0.717, 1.165) is 40.7 Å². The molecular formula is C31H32N2O4. The molecule has 1 heterocycles. The Balaban J connectivity index is 1.66. The third-order valence-electron chi connectivity index (χ3n) is 6.07. The van der Waals surface area contributed by atoms with Gasteiger partial charge in [-0.2, -0.15) is 0 Å². The van der Waals surface area contributed by atoms with Gasteiger partial charge < -0.3 is 20.3 Å². The second kappa shape index (κ2) is 12.7. The monoisotopic (exact) mass is 496 g/mol. The Bertz CT molecular complexity index is 1300. The molecule has 2 atom stereocenters. The Kier molecular flexibility index (Phi) is 8.89. The van der Waals surface area contributed by atoms with Crippen molar-refractivity contribution in [3.05, 3.63) is 103 Å². The first-order chi connectivity index (χ1) is 18.0. The first-order valence-corrected chi connectivity index (χ1v) is 12.6. The summed E-state index contributed by atoms with van der Waals surface area (Å²) in [5.74, 6) is -0.0158. The first kappa shape index (κ1) is 25.9. The highest BCUT2D eigenvalue weighted by molar-refractivity contribution is 5.75. The number of nitrogens with zero attached hydrogens (tertiary/aromatic N) is 1. The van der Waals surface area contributed by atoms with Crippen molar-refractivity contribution in [1.29, 1.82) is 0 Å². The highest BCUT2D eigenvalue weighted by Crippen LogP contribution is 2.34. The molecule has 0 saturated heterocycles. The van der Waals surface area contributed by atoms with Crippen molar-refractivity contribution in [3.8, 4) is 33.9 Å². The van der Waals surface area contributed by atoms with Crippen molar-refractivity contribution in [1.82, 2.24) is 4.98 Å². The average molecular weight is 497 g/mol. The maximum absolute atomic E-state index is 11.3. The van der Waals surface area contributed by atoms with E-state index < -0.39 is 18.3 Å². The molecule has 1 aromatic heterocycles. The molecule has 0 saturated carbocycles. The molecule has 3 N–H and O–H groups in total. The minimum atomic E-state index is -1.05. The van der Waals surface area contributed by atoms with Crippen LogP contribution in [0.15, 0.2) is 97.2 Å². The van der Waals surface area contributed by atoms with Crippen molar-refractivity contribution in [2.24, 2.45) is 5.73 Å². The van der Waals surface area contributed by atoms with E-state index in [2.05, 4.69) is 25.1 Å². The van der Waals surface area contributed by atoms with Gasteiger partial charge in [-0.1, -0.05) is 92.2 Å². The minimum absolute atomic E-state index is 0.158. The van der Waals surface area contributed by atoms with Gasteiger partial charge in [0.15, 0.2) is 0 Å². The quantitative estimate of drug-likeness (QED) is 0.222. The molecular weight excluding hydrogens is 464 g/mol. The van der Waals surface area contributed by atoms with Crippen LogP contribution in [-0.2, 0) is 11.2 Å². The van der Waals surface area contributed by atoms with E-state index in [9.17, 15) is 9.90 Å². The van der Waals surface area contributed by atoms with Crippen molar-refractivity contribution in [2.75, 3.05) is 0 Å². The SMILES string of the molecule is CCCCC(Oc1ccccc1CC(N)C(=O)O)Oc1ncc(-c2ccccc2)cc1-c1ccccc1. The Hall–Kier alpha value is -4.16. The van der Waals surface area contributed by atoms with E-state index in [1.807, 2.05) is 79.0 Å². The zero-order valence-electron chi connectivity index (χ0n) is 20.9. The molecule has 6 heteroatoms. The molecule has 3 aromatic carbocycles. The van der Waals surface area contributed by atoms with Crippen molar-refractivity contribution < 1.29 is 19.4 Å². The number of para-hydroxylation sites is 1. The molecule has 0 bridgehead atoms. The molecule has 0 aliphatic heterocycles. The van der Waals surface area contributed by atoms with Gasteiger partial charge in [0.1, 0.15) is 11.8 Å². The number of unbranched alkanes of at least 4 members (excludes halogenated alkanes) is 1. The lowest BCUT2D eigenvalue weighted by atomic mass is 10.0. The van der Waals surface area contributed by atoms with E-state index in [4.69, 9.17) is 20.2 Å². The standard InChI is InChI=1S/C31H32N2O4/c1-2-3-18-29(36-28-17-11-10-16-24(28)20-27(32)31(34)35)37-30-26(23-14-8-5-9-15-23)19-25(21-33-30)22-12-6-4-7-13-22/h4-17,19,21,27,29H,2-3,18,20,32H2,1H3,(H,34,35). The molecule has 0 aliphatic rings. The number of rotatable bonds is 12. The summed E-state index contributed by atoms with van der Waals surface area (Å²) in [6, 6.07) is 28.5. The molecule has 6 nitrogen and oxygen atoms in total. The number of aromatic nitrogens is 1. The van der Waals surface area contributed by atoms with E-state index >= 15 is 0 Å². The van der Waals surface area contributed by atoms with Crippen LogP contribution in [0.3, 0.4) is 0 Å². The Morgan fingerprint density at radius 3 is 2.22 bits per heavy atom. The number of benzene rings is 3. The highest BCUT2D eigenvalue weighted by atomic mass is 16.7. The van der Waals surface area contributed by atoms with Crippen LogP contribution in [0.2, 0.25) is 0 Å². The summed E-state index contributed by atoms with van der Waals surface area (Å²) >= 11 is 0. The van der Waals surface area contributed by atoms with E-state index in [1.54, 1.807) is 0 Å². The van der Waals surface area contributed by atoms with Gasteiger partial charge in [0.25, 0.3) is 0 Å². The lowest BCUT2D eigenvalue weighted by Crippen LogP contribution is -2.32. The molecule has 0 aliphatic carbocycles. The second-order valence-corrected chi connectivity index (χ2v) is 8.87. The van der Waals surface area contributed by atoms with Gasteiger partial charge in [-0.3, -0.25) is 4.79 Å². The fraction of sp³-hybridized carbons (Fsp3) is 0.226. The summed E-state index contributed by atoms with van der Waals surface area (Å²) in [4.78, 5) is 16.0. The van der Waals surface area contributed by atoms with E-state index in [1.165, 1.54) is 0 Å². The van der Waals surface area contributed by atoms with Gasteiger partial charge in [-0.25, -0.2) is 4.98 Å². The predicted molar refractivity (Wildman–Crippen MR) is 145 cm³/mol. The predicted octanol–water partition coefficient (Wildman–Crippen LogP) is 6.34. The maximum atomic E-state index is 11.3. The van der Waals surface area contributed by atoms with E-state index in [0.29, 0.717) is 18.1 Å². The van der Waals surface area contributed by atoms with Crippen LogP contribution < -0.4 is 15.2 Å². The number of nitrogens with two attached hydrogens (primary N) is 1. The van der Waals surface area contributed by atoms with Gasteiger partial charge in [-0.05, 0) is 35.2 Å². The van der Waals surface area contributed by atoms with Gasteiger partial charge >= 0.3 is 5.97 Å². The van der Waals surface area contributed by atoms with Crippen LogP contribution >= 0.6 is 0 Å². The molecule has 0 fully saturated rings. The minimum Gasteiger partial charge on any atom is -0.480 e. The molecule has 4 rings (SSSR count). The Labute approximate surface area is 217 Å². The van der Waals surface area contributed by atoms with Crippen molar-refractivity contribution in [3.63, 3.8) is 0 Å². The summed E-state index contributed by atoms with van der Waals surface area (Å²) in [7, 11) is 0. The number of hydrogen-bond donors (Lipinski definition) is 2. The lowest BCUT2D eigenvalue weighted by Gasteiger charge is -2.23. The maximum Gasteiger partial charge on any atom is 0.320 e. The summed E-state index contributed by atoms with van der Waals surface area (Å²) in [6.45, 7) is 2.11. The number of carbonyl (C=O) groups is 1. The van der Waals surface area contributed by atoms with Crippen molar-refractivity contribution in [2.45, 2.75) is 44.9 Å². The van der Waals surface area contributed by atoms with Gasteiger partial charge in [0, 0.05) is 30.2 Å². The summed E-state index contributed by atoms with van der Waals surface area (Å²) < 4.78 is 12.8. The molecule has 37 heavy (non-hydrogen) atoms. The third-order valence-corrected chi connectivity index (χ3v) is 6.07. The normalized spacial score (nSPS) is 12.5. The third kappa shape index (κ3) is 6.96. The number of aliphatic carboxylic acids is 1. The van der Waals surface area contributed by atoms with Gasteiger partial charge in [0.2, 0.25) is 12.2 Å². The largest absolute Gasteiger partial charge is 0.480 e. The molecule has 0 radical (unpaired) electrons. The van der Waals surface area contributed by atoms with Crippen LogP contribution in [0.4, 0.5) is 0 Å². The summed E-state index contributed by atoms with van der Waals surface area (Å²) in [5, 5.41) is 9.27. The van der Waals surface area contributed by atoms with Gasteiger partial charge in [-0.15, -0.1) is 0 Å². The number of hydrogen-bond acceptors (Lipinski definition) is 5. The van der Waals surface area contributed by atoms with E-state index in [-0.39, 0.29) is 6.42 Å². The fourth-order valence-electron chi connectivity index (χ4n) is 4.05. The molecule has 190 valence electrons. The lowest BCUT2D eigenvalue weighted by molar-refractivity contribution is -0.138. The molecule has 4 aromatic rings. The van der Waals surface area contributed by atoms with Gasteiger partial charge in [0.05, 0.1) is 0 Å². The Morgan fingerprint density at radius 1 is 0.892 bits per heavy atom. The number of pyridine rings is 1. The topological polar surface area (TPSA) is 94.7 Å². The van der Waals surface area contributed by atoms with Crippen LogP contribution in [0, 0.1) is 0 Å². The van der Waals surface area contributed by atoms with Crippen LogP contribution in [0.1, 0.15) is 31.7 Å². The van der Waals surface area contributed by atoms with Crippen LogP contribution in [-0.4, -0.2) is 28.4 Å². The smallest absolute Gasteiger partial charge is 0.320 e. The second-order valence-electron chi connectivity index (χ2n) is 8.87. The molecule has 0 spiro atoms.